The van der Waals surface area contributed by atoms with Gasteiger partial charge in [-0.1, -0.05) is 64.3 Å². The van der Waals surface area contributed by atoms with E-state index < -0.39 is 0 Å². The van der Waals surface area contributed by atoms with E-state index in [4.69, 9.17) is 4.98 Å². The lowest BCUT2D eigenvalue weighted by Crippen LogP contribution is -2.43. The third-order valence-corrected chi connectivity index (χ3v) is 7.21. The summed E-state index contributed by atoms with van der Waals surface area (Å²) in [6.07, 6.45) is 7.87. The first kappa shape index (κ1) is 24.2. The van der Waals surface area contributed by atoms with Gasteiger partial charge in [-0.25, -0.2) is 4.98 Å². The van der Waals surface area contributed by atoms with Gasteiger partial charge in [-0.15, -0.1) is 0 Å². The monoisotopic (exact) mass is 459 g/mol. The second-order valence-corrected chi connectivity index (χ2v) is 9.44. The molecule has 0 radical (unpaired) electrons. The molecule has 1 heterocycles. The number of carbonyl (C=O) groups is 1. The Morgan fingerprint density at radius 1 is 1.06 bits per heavy atom. The minimum absolute atomic E-state index is 0.0760. The fourth-order valence-corrected chi connectivity index (χ4v) is 4.89. The van der Waals surface area contributed by atoms with Crippen LogP contribution < -0.4 is 5.56 Å². The highest BCUT2D eigenvalue weighted by molar-refractivity contribution is 5.81. The maximum atomic E-state index is 13.8. The van der Waals surface area contributed by atoms with Crippen LogP contribution in [0.5, 0.6) is 0 Å². The van der Waals surface area contributed by atoms with E-state index in [0.29, 0.717) is 29.7 Å². The second kappa shape index (κ2) is 11.0. The number of hydrogen-bond donors (Lipinski definition) is 0. The van der Waals surface area contributed by atoms with Gasteiger partial charge < -0.3 is 4.90 Å². The third kappa shape index (κ3) is 4.79. The molecule has 1 aliphatic carbocycles. The molecule has 1 fully saturated rings. The van der Waals surface area contributed by atoms with Gasteiger partial charge in [-0.05, 0) is 61.9 Å². The molecule has 34 heavy (non-hydrogen) atoms. The van der Waals surface area contributed by atoms with Gasteiger partial charge in [0.25, 0.3) is 5.56 Å². The first-order valence-corrected chi connectivity index (χ1v) is 13.0. The molecular formula is C29H37N3O2. The van der Waals surface area contributed by atoms with Gasteiger partial charge in [0.05, 0.1) is 22.6 Å². The van der Waals surface area contributed by atoms with E-state index in [0.717, 1.165) is 50.6 Å². The third-order valence-electron chi connectivity index (χ3n) is 7.21. The van der Waals surface area contributed by atoms with Crippen LogP contribution in [0.15, 0.2) is 53.3 Å². The Kier molecular flexibility index (Phi) is 7.81. The maximum absolute atomic E-state index is 13.8. The summed E-state index contributed by atoms with van der Waals surface area (Å²) in [6, 6.07) is 15.4. The summed E-state index contributed by atoms with van der Waals surface area (Å²) in [5.74, 6) is 1.00. The molecule has 1 aromatic heterocycles. The number of benzene rings is 2. The molecule has 1 atom stereocenters. The molecule has 5 nitrogen and oxygen atoms in total. The molecule has 5 heteroatoms. The van der Waals surface area contributed by atoms with Gasteiger partial charge in [-0.2, -0.15) is 0 Å². The average Bonchev–Trinajstić information content (AvgIpc) is 2.83. The van der Waals surface area contributed by atoms with Crippen molar-refractivity contribution >= 4 is 16.8 Å². The van der Waals surface area contributed by atoms with Crippen LogP contribution in [0, 0.1) is 5.92 Å². The highest BCUT2D eigenvalue weighted by Crippen LogP contribution is 2.33. The first-order valence-electron chi connectivity index (χ1n) is 13.0. The number of hydrogen-bond acceptors (Lipinski definition) is 3. The predicted molar refractivity (Wildman–Crippen MR) is 138 cm³/mol. The number of aromatic nitrogens is 2. The van der Waals surface area contributed by atoms with Gasteiger partial charge >= 0.3 is 0 Å². The standard InChI is InChI=1S/C29H37N3O2/c1-4-7-10-20-31(28(33)22-12-11-13-22)26(6-3)27-30-25-15-9-8-14-24(25)29(34)32(27)23-18-16-21(5-2)17-19-23/h8-9,14-19,22,26H,4-7,10-13,20H2,1-3H3. The molecule has 0 N–H and O–H groups in total. The zero-order valence-electron chi connectivity index (χ0n) is 20.8. The van der Waals surface area contributed by atoms with Crippen LogP contribution in [-0.4, -0.2) is 26.9 Å². The van der Waals surface area contributed by atoms with Crippen LogP contribution in [0.1, 0.15) is 83.1 Å². The smallest absolute Gasteiger partial charge is 0.266 e. The van der Waals surface area contributed by atoms with E-state index in [-0.39, 0.29) is 23.4 Å². The quantitative estimate of drug-likeness (QED) is 0.338. The minimum atomic E-state index is -0.242. The topological polar surface area (TPSA) is 55.2 Å². The Morgan fingerprint density at radius 3 is 2.41 bits per heavy atom. The van der Waals surface area contributed by atoms with Crippen LogP contribution in [0.2, 0.25) is 0 Å². The molecule has 1 unspecified atom stereocenters. The van der Waals surface area contributed by atoms with Crippen LogP contribution in [-0.2, 0) is 11.2 Å². The lowest BCUT2D eigenvalue weighted by molar-refractivity contribution is -0.141. The van der Waals surface area contributed by atoms with Gasteiger partial charge in [0.15, 0.2) is 0 Å². The first-order chi connectivity index (χ1) is 16.6. The number of unbranched alkanes of at least 4 members (excludes halogenated alkanes) is 2. The number of aryl methyl sites for hydroxylation is 1. The molecule has 0 spiro atoms. The van der Waals surface area contributed by atoms with Gasteiger partial charge in [0.2, 0.25) is 5.91 Å². The van der Waals surface area contributed by atoms with Crippen molar-refractivity contribution in [1.29, 1.82) is 0 Å². The predicted octanol–water partition coefficient (Wildman–Crippen LogP) is 6.22. The van der Waals surface area contributed by atoms with E-state index in [9.17, 15) is 9.59 Å². The maximum Gasteiger partial charge on any atom is 0.266 e. The Bertz CT molecular complexity index is 1180. The van der Waals surface area contributed by atoms with Gasteiger partial charge in [0, 0.05) is 12.5 Å². The van der Waals surface area contributed by atoms with Crippen molar-refractivity contribution < 1.29 is 4.79 Å². The molecule has 3 aromatic rings. The largest absolute Gasteiger partial charge is 0.332 e. The van der Waals surface area contributed by atoms with Crippen molar-refractivity contribution in [3.63, 3.8) is 0 Å². The highest BCUT2D eigenvalue weighted by Gasteiger charge is 2.35. The highest BCUT2D eigenvalue weighted by atomic mass is 16.2. The fourth-order valence-electron chi connectivity index (χ4n) is 4.89. The fraction of sp³-hybridized carbons (Fsp3) is 0.483. The molecule has 180 valence electrons. The Hall–Kier alpha value is -2.95. The normalized spacial score (nSPS) is 14.7. The Balaban J connectivity index is 1.87. The zero-order chi connectivity index (χ0) is 24.1. The summed E-state index contributed by atoms with van der Waals surface area (Å²) in [7, 11) is 0. The molecule has 0 aliphatic heterocycles. The Morgan fingerprint density at radius 2 is 1.79 bits per heavy atom. The van der Waals surface area contributed by atoms with Gasteiger partial charge in [0.1, 0.15) is 5.82 Å². The van der Waals surface area contributed by atoms with Crippen molar-refractivity contribution in [3.05, 3.63) is 70.3 Å². The summed E-state index contributed by atoms with van der Waals surface area (Å²) in [6.45, 7) is 7.10. The number of fused-ring (bicyclic) bond motifs is 1. The van der Waals surface area contributed by atoms with E-state index >= 15 is 0 Å². The van der Waals surface area contributed by atoms with Crippen molar-refractivity contribution in [3.8, 4) is 5.69 Å². The van der Waals surface area contributed by atoms with Crippen molar-refractivity contribution in [2.45, 2.75) is 78.2 Å². The zero-order valence-corrected chi connectivity index (χ0v) is 20.8. The van der Waals surface area contributed by atoms with Crippen LogP contribution in [0.3, 0.4) is 0 Å². The molecule has 1 aliphatic rings. The van der Waals surface area contributed by atoms with Gasteiger partial charge in [-0.3, -0.25) is 14.2 Å². The lowest BCUT2D eigenvalue weighted by Gasteiger charge is -2.37. The number of nitrogens with zero attached hydrogens (tertiary/aromatic N) is 3. The molecular weight excluding hydrogens is 422 g/mol. The summed E-state index contributed by atoms with van der Waals surface area (Å²) < 4.78 is 1.75. The van der Waals surface area contributed by atoms with Crippen LogP contribution >= 0.6 is 0 Å². The Labute approximate surface area is 202 Å². The number of rotatable bonds is 10. The van der Waals surface area contributed by atoms with Crippen molar-refractivity contribution in [2.75, 3.05) is 6.54 Å². The van der Waals surface area contributed by atoms with E-state index in [1.54, 1.807) is 4.57 Å². The summed E-state index contributed by atoms with van der Waals surface area (Å²) >= 11 is 0. The molecule has 0 bridgehead atoms. The summed E-state index contributed by atoms with van der Waals surface area (Å²) in [5.41, 5.74) is 2.64. The average molecular weight is 460 g/mol. The number of para-hydroxylation sites is 1. The molecule has 0 saturated heterocycles. The molecule has 1 saturated carbocycles. The van der Waals surface area contributed by atoms with Crippen molar-refractivity contribution in [1.82, 2.24) is 14.5 Å². The van der Waals surface area contributed by atoms with E-state index in [2.05, 4.69) is 32.9 Å². The SMILES string of the molecule is CCCCCN(C(=O)C1CCC1)C(CC)c1nc2ccccc2c(=O)n1-c1ccc(CC)cc1. The van der Waals surface area contributed by atoms with E-state index in [1.165, 1.54) is 5.56 Å². The van der Waals surface area contributed by atoms with Crippen LogP contribution in [0.25, 0.3) is 16.6 Å². The molecule has 4 rings (SSSR count). The molecule has 2 aromatic carbocycles. The molecule has 1 amide bonds. The number of carbonyl (C=O) groups excluding carboxylic acids is 1. The second-order valence-electron chi connectivity index (χ2n) is 9.44. The summed E-state index contributed by atoms with van der Waals surface area (Å²) in [4.78, 5) is 34.4. The van der Waals surface area contributed by atoms with Crippen LogP contribution in [0.4, 0.5) is 0 Å². The summed E-state index contributed by atoms with van der Waals surface area (Å²) in [5, 5.41) is 0.600. The lowest BCUT2D eigenvalue weighted by atomic mass is 9.84. The van der Waals surface area contributed by atoms with E-state index in [1.807, 2.05) is 41.3 Å². The number of amides is 1. The minimum Gasteiger partial charge on any atom is -0.332 e. The van der Waals surface area contributed by atoms with Crippen molar-refractivity contribution in [2.24, 2.45) is 5.92 Å².